The summed E-state index contributed by atoms with van der Waals surface area (Å²) in [6.45, 7) is 0. The highest BCUT2D eigenvalue weighted by Gasteiger charge is 2.37. The number of hydrogen-bond acceptors (Lipinski definition) is 5. The molecule has 3 aliphatic rings. The van der Waals surface area contributed by atoms with Crippen molar-refractivity contribution in [1.82, 2.24) is 0 Å². The number of phenols is 1. The Hall–Kier alpha value is -2.92. The summed E-state index contributed by atoms with van der Waals surface area (Å²) in [6, 6.07) is 8.25. The standard InChI is InChI=1S/C20H11NO3S/c22-13-9-15-18(21-12-7-3-4-8-14(12)25-15)17-16(13)19(23)10-5-1-2-6-11(10)20(17)24/h1-9,14,22H. The topological polar surface area (TPSA) is 66.7 Å². The molecule has 5 heteroatoms. The van der Waals surface area contributed by atoms with Crippen LogP contribution < -0.4 is 0 Å². The minimum absolute atomic E-state index is 0.0524. The quantitative estimate of drug-likeness (QED) is 0.672. The van der Waals surface area contributed by atoms with Gasteiger partial charge in [0.2, 0.25) is 0 Å². The number of ketones is 2. The summed E-state index contributed by atoms with van der Waals surface area (Å²) in [5.74, 6) is -0.768. The van der Waals surface area contributed by atoms with E-state index in [-0.39, 0.29) is 33.7 Å². The number of aromatic hydroxyl groups is 1. The Labute approximate surface area is 147 Å². The molecule has 1 atom stereocenters. The molecule has 0 amide bonds. The van der Waals surface area contributed by atoms with Gasteiger partial charge in [0.05, 0.1) is 27.8 Å². The fourth-order valence-electron chi connectivity index (χ4n) is 3.41. The number of carbonyl (C=O) groups excluding carboxylic acids is 2. The molecule has 0 fully saturated rings. The zero-order valence-corrected chi connectivity index (χ0v) is 13.7. The lowest BCUT2D eigenvalue weighted by Gasteiger charge is -2.26. The predicted molar refractivity (Wildman–Crippen MR) is 96.4 cm³/mol. The lowest BCUT2D eigenvalue weighted by molar-refractivity contribution is 0.0977. The minimum Gasteiger partial charge on any atom is -0.507 e. The van der Waals surface area contributed by atoms with Gasteiger partial charge in [-0.15, -0.1) is 11.8 Å². The van der Waals surface area contributed by atoms with Gasteiger partial charge < -0.3 is 5.11 Å². The van der Waals surface area contributed by atoms with E-state index in [4.69, 9.17) is 0 Å². The second kappa shape index (κ2) is 5.04. The van der Waals surface area contributed by atoms with E-state index in [1.54, 1.807) is 30.3 Å². The molecule has 120 valence electrons. The summed E-state index contributed by atoms with van der Waals surface area (Å²) in [5.41, 5.74) is 2.27. The molecule has 0 aromatic heterocycles. The highest BCUT2D eigenvalue weighted by Crippen LogP contribution is 2.48. The summed E-state index contributed by atoms with van der Waals surface area (Å²) < 4.78 is 0. The molecule has 2 aromatic rings. The van der Waals surface area contributed by atoms with Crippen molar-refractivity contribution in [2.75, 3.05) is 0 Å². The number of phenolic OH excluding ortho intramolecular Hbond substituents is 1. The monoisotopic (exact) mass is 345 g/mol. The first kappa shape index (κ1) is 14.4. The molecular weight excluding hydrogens is 334 g/mol. The van der Waals surface area contributed by atoms with Crippen LogP contribution in [0, 0.1) is 0 Å². The number of allylic oxidation sites excluding steroid dienone is 3. The molecule has 1 unspecified atom stereocenters. The van der Waals surface area contributed by atoms with Gasteiger partial charge in [0.15, 0.2) is 11.6 Å². The largest absolute Gasteiger partial charge is 0.507 e. The number of nitrogens with zero attached hydrogens (tertiary/aromatic N) is 1. The van der Waals surface area contributed by atoms with Gasteiger partial charge in [-0.1, -0.05) is 42.5 Å². The normalized spacial score (nSPS) is 19.7. The summed E-state index contributed by atoms with van der Waals surface area (Å²) in [6.07, 6.45) is 7.77. The average Bonchev–Trinajstić information content (AvgIpc) is 2.64. The number of thioether (sulfide) groups is 1. The molecule has 0 saturated heterocycles. The van der Waals surface area contributed by atoms with Crippen LogP contribution in [0.2, 0.25) is 0 Å². The molecule has 1 heterocycles. The third kappa shape index (κ3) is 1.93. The summed E-state index contributed by atoms with van der Waals surface area (Å²) >= 11 is 1.52. The van der Waals surface area contributed by atoms with Crippen molar-refractivity contribution in [3.8, 4) is 5.75 Å². The van der Waals surface area contributed by atoms with Crippen LogP contribution in [-0.2, 0) is 0 Å². The number of hydrogen-bond donors (Lipinski definition) is 1. The maximum atomic E-state index is 13.1. The van der Waals surface area contributed by atoms with Crippen molar-refractivity contribution in [2.45, 2.75) is 10.1 Å². The van der Waals surface area contributed by atoms with Gasteiger partial charge in [-0.3, -0.25) is 9.59 Å². The highest BCUT2D eigenvalue weighted by atomic mass is 32.2. The number of rotatable bonds is 0. The SMILES string of the molecule is O=C1c2ccccc2C(=O)c2c3c(cc(O)c21)SC1C=CC=CC1=N3. The van der Waals surface area contributed by atoms with Crippen LogP contribution in [0.3, 0.4) is 0 Å². The highest BCUT2D eigenvalue weighted by molar-refractivity contribution is 8.01. The van der Waals surface area contributed by atoms with Crippen molar-refractivity contribution < 1.29 is 14.7 Å². The molecule has 1 N–H and O–H groups in total. The molecule has 0 radical (unpaired) electrons. The van der Waals surface area contributed by atoms with Crippen molar-refractivity contribution in [3.05, 3.63) is 76.9 Å². The van der Waals surface area contributed by atoms with E-state index >= 15 is 0 Å². The van der Waals surface area contributed by atoms with Gasteiger partial charge in [0.25, 0.3) is 0 Å². The molecule has 5 rings (SSSR count). The number of aliphatic imine (C=N–C) groups is 1. The zero-order valence-electron chi connectivity index (χ0n) is 12.9. The first-order valence-corrected chi connectivity index (χ1v) is 8.71. The van der Waals surface area contributed by atoms with E-state index in [1.165, 1.54) is 11.8 Å². The predicted octanol–water partition coefficient (Wildman–Crippen LogP) is 3.84. The van der Waals surface area contributed by atoms with Crippen LogP contribution in [0.5, 0.6) is 5.75 Å². The van der Waals surface area contributed by atoms with Gasteiger partial charge in [0.1, 0.15) is 5.75 Å². The summed E-state index contributed by atoms with van der Waals surface area (Å²) in [7, 11) is 0. The van der Waals surface area contributed by atoms with Gasteiger partial charge in [-0.2, -0.15) is 0 Å². The Morgan fingerprint density at radius 3 is 2.48 bits per heavy atom. The van der Waals surface area contributed by atoms with Gasteiger partial charge in [0, 0.05) is 16.0 Å². The number of carbonyl (C=O) groups is 2. The van der Waals surface area contributed by atoms with E-state index in [0.29, 0.717) is 21.7 Å². The van der Waals surface area contributed by atoms with Gasteiger partial charge in [-0.05, 0) is 12.1 Å². The molecule has 2 aromatic carbocycles. The van der Waals surface area contributed by atoms with E-state index in [0.717, 1.165) is 5.71 Å². The molecule has 0 saturated carbocycles. The van der Waals surface area contributed by atoms with E-state index in [1.807, 2.05) is 24.3 Å². The molecule has 4 nitrogen and oxygen atoms in total. The Bertz CT molecular complexity index is 1080. The van der Waals surface area contributed by atoms with E-state index < -0.39 is 0 Å². The van der Waals surface area contributed by atoms with Gasteiger partial charge in [-0.25, -0.2) is 4.99 Å². The summed E-state index contributed by atoms with van der Waals surface area (Å²) in [4.78, 5) is 31.3. The molecule has 0 spiro atoms. The van der Waals surface area contributed by atoms with Crippen LogP contribution in [0.15, 0.2) is 64.5 Å². The minimum atomic E-state index is -0.336. The first-order chi connectivity index (χ1) is 12.1. The smallest absolute Gasteiger partial charge is 0.198 e. The molecule has 25 heavy (non-hydrogen) atoms. The summed E-state index contributed by atoms with van der Waals surface area (Å²) in [5, 5.41) is 10.5. The average molecular weight is 345 g/mol. The van der Waals surface area contributed by atoms with Crippen LogP contribution in [-0.4, -0.2) is 27.6 Å². The van der Waals surface area contributed by atoms with E-state index in [9.17, 15) is 14.7 Å². The maximum Gasteiger partial charge on any atom is 0.198 e. The third-order valence-corrected chi connectivity index (χ3v) is 5.78. The Morgan fingerprint density at radius 2 is 1.72 bits per heavy atom. The van der Waals surface area contributed by atoms with Gasteiger partial charge >= 0.3 is 0 Å². The van der Waals surface area contributed by atoms with Crippen molar-refractivity contribution in [2.24, 2.45) is 4.99 Å². The Balaban J connectivity index is 1.82. The zero-order chi connectivity index (χ0) is 17.1. The maximum absolute atomic E-state index is 13.1. The molecule has 0 bridgehead atoms. The molecular formula is C20H11NO3S. The van der Waals surface area contributed by atoms with Crippen molar-refractivity contribution >= 4 is 34.7 Å². The van der Waals surface area contributed by atoms with E-state index in [2.05, 4.69) is 4.99 Å². The Morgan fingerprint density at radius 1 is 1.00 bits per heavy atom. The van der Waals surface area contributed by atoms with Crippen molar-refractivity contribution in [3.63, 3.8) is 0 Å². The van der Waals surface area contributed by atoms with Crippen LogP contribution in [0.1, 0.15) is 31.8 Å². The number of fused-ring (bicyclic) bond motifs is 5. The lowest BCUT2D eigenvalue weighted by Crippen LogP contribution is -2.23. The second-order valence-electron chi connectivity index (χ2n) is 6.02. The molecule has 1 aliphatic heterocycles. The fraction of sp³-hybridized carbons (Fsp3) is 0.0500. The van der Waals surface area contributed by atoms with Crippen LogP contribution in [0.4, 0.5) is 5.69 Å². The Kier molecular flexibility index (Phi) is 2.91. The fourth-order valence-corrected chi connectivity index (χ4v) is 4.55. The lowest BCUT2D eigenvalue weighted by atomic mass is 9.82. The second-order valence-corrected chi connectivity index (χ2v) is 7.20. The van der Waals surface area contributed by atoms with Crippen LogP contribution >= 0.6 is 11.8 Å². The number of benzene rings is 2. The van der Waals surface area contributed by atoms with Crippen molar-refractivity contribution in [1.29, 1.82) is 0 Å². The third-order valence-electron chi connectivity index (χ3n) is 4.56. The van der Waals surface area contributed by atoms with Crippen LogP contribution in [0.25, 0.3) is 0 Å². The first-order valence-electron chi connectivity index (χ1n) is 7.83. The molecule has 2 aliphatic carbocycles.